The van der Waals surface area contributed by atoms with Gasteiger partial charge in [0.1, 0.15) is 0 Å². The lowest BCUT2D eigenvalue weighted by molar-refractivity contribution is 0.0660. The van der Waals surface area contributed by atoms with Crippen LogP contribution in [0.5, 0.6) is 0 Å². The number of benzene rings is 2. The van der Waals surface area contributed by atoms with Crippen molar-refractivity contribution >= 4 is 23.2 Å². The normalized spacial score (nSPS) is 20.6. The number of anilines is 1. The van der Waals surface area contributed by atoms with E-state index in [0.717, 1.165) is 49.9 Å². The molecule has 2 aromatic carbocycles. The highest BCUT2D eigenvalue weighted by Gasteiger charge is 2.33. The fourth-order valence-corrected chi connectivity index (χ4v) is 5.47. The van der Waals surface area contributed by atoms with Gasteiger partial charge < -0.3 is 9.80 Å². The highest BCUT2D eigenvalue weighted by Crippen LogP contribution is 2.33. The highest BCUT2D eigenvalue weighted by atomic mass is 35.5. The maximum atomic E-state index is 13.1. The number of amides is 1. The van der Waals surface area contributed by atoms with E-state index in [-0.39, 0.29) is 5.91 Å². The standard InChI is InChI=1S/C25H30ClN3O/c26-21-6-4-5-19(15-21)17-27-11-13-28(14-12-27)23-10-9-20-18-29(25(30)24(20)16-23)22-7-2-1-3-8-22/h4-6,9-10,15-16,22H,1-3,7-8,11-14,17-18H2. The van der Waals surface area contributed by atoms with Gasteiger partial charge in [0, 0.05) is 61.6 Å². The molecule has 1 amide bonds. The minimum Gasteiger partial charge on any atom is -0.369 e. The summed E-state index contributed by atoms with van der Waals surface area (Å²) >= 11 is 6.13. The molecule has 0 radical (unpaired) electrons. The van der Waals surface area contributed by atoms with Crippen molar-refractivity contribution in [2.24, 2.45) is 0 Å². The fourth-order valence-electron chi connectivity index (χ4n) is 5.25. The van der Waals surface area contributed by atoms with Crippen LogP contribution in [0.1, 0.15) is 53.6 Å². The van der Waals surface area contributed by atoms with Crippen molar-refractivity contribution < 1.29 is 4.79 Å². The lowest BCUT2D eigenvalue weighted by Crippen LogP contribution is -2.46. The smallest absolute Gasteiger partial charge is 0.254 e. The largest absolute Gasteiger partial charge is 0.369 e. The summed E-state index contributed by atoms with van der Waals surface area (Å²) in [6.45, 7) is 5.75. The van der Waals surface area contributed by atoms with E-state index in [2.05, 4.69) is 45.0 Å². The minimum absolute atomic E-state index is 0.248. The van der Waals surface area contributed by atoms with Crippen LogP contribution >= 0.6 is 11.6 Å². The number of carbonyl (C=O) groups excluding carboxylic acids is 1. The van der Waals surface area contributed by atoms with Crippen LogP contribution in [0, 0.1) is 0 Å². The number of piperazine rings is 1. The molecule has 2 aromatic rings. The molecular weight excluding hydrogens is 394 g/mol. The van der Waals surface area contributed by atoms with E-state index in [1.807, 2.05) is 12.1 Å². The van der Waals surface area contributed by atoms with Crippen LogP contribution in [-0.4, -0.2) is 47.9 Å². The first-order chi connectivity index (χ1) is 14.7. The second-order valence-electron chi connectivity index (χ2n) is 8.96. The fraction of sp³-hybridized carbons (Fsp3) is 0.480. The quantitative estimate of drug-likeness (QED) is 0.696. The van der Waals surface area contributed by atoms with Crippen molar-refractivity contribution in [2.45, 2.75) is 51.2 Å². The maximum absolute atomic E-state index is 13.1. The van der Waals surface area contributed by atoms with Crippen molar-refractivity contribution in [1.29, 1.82) is 0 Å². The molecule has 0 bridgehead atoms. The lowest BCUT2D eigenvalue weighted by Gasteiger charge is -2.36. The van der Waals surface area contributed by atoms with Gasteiger partial charge in [-0.2, -0.15) is 0 Å². The van der Waals surface area contributed by atoms with Crippen molar-refractivity contribution in [2.75, 3.05) is 31.1 Å². The van der Waals surface area contributed by atoms with Gasteiger partial charge in [-0.1, -0.05) is 49.1 Å². The summed E-state index contributed by atoms with van der Waals surface area (Å²) in [6, 6.07) is 15.1. The van der Waals surface area contributed by atoms with Crippen molar-refractivity contribution in [3.05, 3.63) is 64.2 Å². The molecule has 4 nitrogen and oxygen atoms in total. The molecule has 158 valence electrons. The second kappa shape index (κ2) is 8.60. The van der Waals surface area contributed by atoms with Gasteiger partial charge in [0.2, 0.25) is 0 Å². The number of carbonyl (C=O) groups is 1. The summed E-state index contributed by atoms with van der Waals surface area (Å²) in [6.07, 6.45) is 6.17. The summed E-state index contributed by atoms with van der Waals surface area (Å²) in [5, 5.41) is 0.802. The van der Waals surface area contributed by atoms with Gasteiger partial charge in [0.05, 0.1) is 0 Å². The zero-order valence-electron chi connectivity index (χ0n) is 17.5. The number of fused-ring (bicyclic) bond motifs is 1. The van der Waals surface area contributed by atoms with Crippen LogP contribution in [0.25, 0.3) is 0 Å². The van der Waals surface area contributed by atoms with Crippen LogP contribution in [-0.2, 0) is 13.1 Å². The average molecular weight is 424 g/mol. The Kier molecular flexibility index (Phi) is 5.70. The number of hydrogen-bond acceptors (Lipinski definition) is 3. The third-order valence-corrected chi connectivity index (χ3v) is 7.21. The summed E-state index contributed by atoms with van der Waals surface area (Å²) in [7, 11) is 0. The number of hydrogen-bond donors (Lipinski definition) is 0. The van der Waals surface area contributed by atoms with Crippen LogP contribution in [0.4, 0.5) is 5.69 Å². The first-order valence-electron chi connectivity index (χ1n) is 11.3. The van der Waals surface area contributed by atoms with E-state index in [4.69, 9.17) is 11.6 Å². The predicted molar refractivity (Wildman–Crippen MR) is 122 cm³/mol. The molecule has 0 atom stereocenters. The summed E-state index contributed by atoms with van der Waals surface area (Å²) in [4.78, 5) is 20.1. The number of nitrogens with zero attached hydrogens (tertiary/aromatic N) is 3. The molecule has 1 saturated heterocycles. The lowest BCUT2D eigenvalue weighted by atomic mass is 9.94. The molecule has 2 heterocycles. The molecule has 1 aliphatic carbocycles. The Balaban J connectivity index is 1.22. The van der Waals surface area contributed by atoms with E-state index >= 15 is 0 Å². The van der Waals surface area contributed by atoms with E-state index in [1.165, 1.54) is 48.9 Å². The Morgan fingerprint density at radius 1 is 0.933 bits per heavy atom. The molecule has 2 aliphatic heterocycles. The Morgan fingerprint density at radius 3 is 2.50 bits per heavy atom. The van der Waals surface area contributed by atoms with Crippen LogP contribution in [0.15, 0.2) is 42.5 Å². The topological polar surface area (TPSA) is 26.8 Å². The Bertz CT molecular complexity index is 916. The highest BCUT2D eigenvalue weighted by molar-refractivity contribution is 6.30. The molecule has 2 fully saturated rings. The minimum atomic E-state index is 0.248. The zero-order chi connectivity index (χ0) is 20.5. The summed E-state index contributed by atoms with van der Waals surface area (Å²) in [5.41, 5.74) is 4.59. The third-order valence-electron chi connectivity index (χ3n) is 6.97. The molecule has 3 aliphatic rings. The monoisotopic (exact) mass is 423 g/mol. The van der Waals surface area contributed by atoms with Gasteiger partial charge >= 0.3 is 0 Å². The molecular formula is C25H30ClN3O. The SMILES string of the molecule is O=C1c2cc(N3CCN(Cc4cccc(Cl)c4)CC3)ccc2CN1C1CCCCC1. The number of rotatable bonds is 4. The van der Waals surface area contributed by atoms with E-state index in [9.17, 15) is 4.79 Å². The molecule has 0 aromatic heterocycles. The van der Waals surface area contributed by atoms with Crippen LogP contribution < -0.4 is 4.90 Å². The van der Waals surface area contributed by atoms with E-state index in [1.54, 1.807) is 0 Å². The summed E-state index contributed by atoms with van der Waals surface area (Å²) < 4.78 is 0. The van der Waals surface area contributed by atoms with Crippen molar-refractivity contribution in [3.8, 4) is 0 Å². The van der Waals surface area contributed by atoms with Gasteiger partial charge in [0.15, 0.2) is 0 Å². The molecule has 30 heavy (non-hydrogen) atoms. The molecule has 0 unspecified atom stereocenters. The van der Waals surface area contributed by atoms with Gasteiger partial charge in [0.25, 0.3) is 5.91 Å². The molecule has 0 spiro atoms. The maximum Gasteiger partial charge on any atom is 0.254 e. The van der Waals surface area contributed by atoms with Crippen LogP contribution in [0.3, 0.4) is 0 Å². The van der Waals surface area contributed by atoms with E-state index < -0.39 is 0 Å². The summed E-state index contributed by atoms with van der Waals surface area (Å²) in [5.74, 6) is 0.248. The Morgan fingerprint density at radius 2 is 1.73 bits per heavy atom. The Labute approximate surface area is 184 Å². The predicted octanol–water partition coefficient (Wildman–Crippen LogP) is 4.95. The molecule has 5 heteroatoms. The Hall–Kier alpha value is -2.04. The van der Waals surface area contributed by atoms with Crippen LogP contribution in [0.2, 0.25) is 5.02 Å². The second-order valence-corrected chi connectivity index (χ2v) is 9.40. The molecule has 5 rings (SSSR count). The first kappa shape index (κ1) is 19.9. The third kappa shape index (κ3) is 4.08. The van der Waals surface area contributed by atoms with E-state index in [0.29, 0.717) is 6.04 Å². The zero-order valence-corrected chi connectivity index (χ0v) is 18.3. The number of halogens is 1. The molecule has 0 N–H and O–H groups in total. The van der Waals surface area contributed by atoms with Gasteiger partial charge in [-0.05, 0) is 48.2 Å². The van der Waals surface area contributed by atoms with Gasteiger partial charge in [-0.15, -0.1) is 0 Å². The van der Waals surface area contributed by atoms with Gasteiger partial charge in [-0.25, -0.2) is 0 Å². The average Bonchev–Trinajstić information content (AvgIpc) is 3.11. The first-order valence-corrected chi connectivity index (χ1v) is 11.7. The van der Waals surface area contributed by atoms with Crippen molar-refractivity contribution in [1.82, 2.24) is 9.80 Å². The molecule has 1 saturated carbocycles. The van der Waals surface area contributed by atoms with Gasteiger partial charge in [-0.3, -0.25) is 9.69 Å². The van der Waals surface area contributed by atoms with Crippen molar-refractivity contribution in [3.63, 3.8) is 0 Å².